The Kier molecular flexibility index (Phi) is 2.87. The summed E-state index contributed by atoms with van der Waals surface area (Å²) in [5, 5.41) is 1.90. The number of thioether (sulfide) groups is 1. The first-order chi connectivity index (χ1) is 7.31. The number of hydrogen-bond acceptors (Lipinski definition) is 4. The second-order valence-corrected chi connectivity index (χ2v) is 3.87. The van der Waals surface area contributed by atoms with Gasteiger partial charge in [-0.15, -0.1) is 0 Å². The zero-order valence-electron chi connectivity index (χ0n) is 8.14. The highest BCUT2D eigenvalue weighted by Crippen LogP contribution is 2.25. The molecule has 0 aromatic heterocycles. The number of nitrogens with zero attached hydrogens (tertiary/aromatic N) is 1. The molecule has 1 heterocycles. The molecule has 0 atom stereocenters. The first-order valence-electron chi connectivity index (χ1n) is 4.38. The fourth-order valence-corrected chi connectivity index (χ4v) is 1.94. The second-order valence-electron chi connectivity index (χ2n) is 2.93. The zero-order chi connectivity index (χ0) is 10.7. The molecule has 1 aromatic rings. The van der Waals surface area contributed by atoms with Gasteiger partial charge in [0.15, 0.2) is 0 Å². The summed E-state index contributed by atoms with van der Waals surface area (Å²) in [6.45, 7) is 0. The lowest BCUT2D eigenvalue weighted by atomic mass is 10.1. The number of carbonyl (C=O) groups is 1. The molecule has 4 heteroatoms. The summed E-state index contributed by atoms with van der Waals surface area (Å²) >= 11 is 1.58. The largest absolute Gasteiger partial charge is 0.465 e. The molecule has 0 saturated heterocycles. The van der Waals surface area contributed by atoms with Crippen molar-refractivity contribution in [1.29, 1.82) is 0 Å². The van der Waals surface area contributed by atoms with E-state index in [9.17, 15) is 4.79 Å². The minimum atomic E-state index is -0.326. The number of hydrogen-bond donors (Lipinski definition) is 0. The van der Waals surface area contributed by atoms with Crippen LogP contribution >= 0.6 is 11.8 Å². The predicted molar refractivity (Wildman–Crippen MR) is 60.4 cm³/mol. The highest BCUT2D eigenvalue weighted by atomic mass is 32.2. The Morgan fingerprint density at radius 1 is 1.47 bits per heavy atom. The topological polar surface area (TPSA) is 38.7 Å². The van der Waals surface area contributed by atoms with Crippen LogP contribution in [-0.2, 0) is 4.74 Å². The van der Waals surface area contributed by atoms with Gasteiger partial charge >= 0.3 is 5.97 Å². The van der Waals surface area contributed by atoms with Crippen LogP contribution < -0.4 is 0 Å². The molecule has 3 nitrogen and oxygen atoms in total. The quantitative estimate of drug-likeness (QED) is 0.681. The molecule has 0 fully saturated rings. The lowest BCUT2D eigenvalue weighted by molar-refractivity contribution is 0.0600. The van der Waals surface area contributed by atoms with Crippen LogP contribution in [0.5, 0.6) is 0 Å². The average molecular weight is 219 g/mol. The molecule has 0 spiro atoms. The van der Waals surface area contributed by atoms with Crippen molar-refractivity contribution in [3.8, 4) is 0 Å². The SMILES string of the molecule is COC(=O)c1ccc2c(c1)C=NC=CS2. The van der Waals surface area contributed by atoms with Crippen molar-refractivity contribution in [2.75, 3.05) is 7.11 Å². The highest BCUT2D eigenvalue weighted by Gasteiger charge is 2.09. The Bertz CT molecular complexity index is 452. The molecule has 0 N–H and O–H groups in total. The van der Waals surface area contributed by atoms with Crippen molar-refractivity contribution in [1.82, 2.24) is 0 Å². The molecule has 0 aliphatic carbocycles. The van der Waals surface area contributed by atoms with Crippen LogP contribution in [-0.4, -0.2) is 19.3 Å². The number of esters is 1. The van der Waals surface area contributed by atoms with Crippen molar-refractivity contribution in [3.05, 3.63) is 40.9 Å². The van der Waals surface area contributed by atoms with E-state index in [1.807, 2.05) is 11.5 Å². The van der Waals surface area contributed by atoms with Crippen LogP contribution in [0.1, 0.15) is 15.9 Å². The average Bonchev–Trinajstić information content (AvgIpc) is 2.51. The van der Waals surface area contributed by atoms with Crippen LogP contribution in [0.25, 0.3) is 0 Å². The molecular weight excluding hydrogens is 210 g/mol. The van der Waals surface area contributed by atoms with Crippen molar-refractivity contribution in [2.24, 2.45) is 4.99 Å². The molecule has 76 valence electrons. The Hall–Kier alpha value is -1.55. The van der Waals surface area contributed by atoms with Gasteiger partial charge in [0.2, 0.25) is 0 Å². The number of methoxy groups -OCH3 is 1. The van der Waals surface area contributed by atoms with Gasteiger partial charge in [-0.2, -0.15) is 0 Å². The predicted octanol–water partition coefficient (Wildman–Crippen LogP) is 2.47. The number of ether oxygens (including phenoxy) is 1. The van der Waals surface area contributed by atoms with Gasteiger partial charge in [0.25, 0.3) is 0 Å². The van der Waals surface area contributed by atoms with E-state index in [1.54, 1.807) is 36.3 Å². The highest BCUT2D eigenvalue weighted by molar-refractivity contribution is 8.02. The van der Waals surface area contributed by atoms with Gasteiger partial charge in [0.1, 0.15) is 0 Å². The summed E-state index contributed by atoms with van der Waals surface area (Å²) in [6.07, 6.45) is 3.46. The summed E-state index contributed by atoms with van der Waals surface area (Å²) in [5.74, 6) is -0.326. The van der Waals surface area contributed by atoms with Crippen molar-refractivity contribution in [3.63, 3.8) is 0 Å². The third kappa shape index (κ3) is 2.10. The zero-order valence-corrected chi connectivity index (χ0v) is 8.95. The van der Waals surface area contributed by atoms with Crippen LogP contribution in [0.2, 0.25) is 0 Å². The van der Waals surface area contributed by atoms with E-state index in [0.717, 1.165) is 10.5 Å². The number of carbonyl (C=O) groups excluding carboxylic acids is 1. The molecule has 0 radical (unpaired) electrons. The maximum Gasteiger partial charge on any atom is 0.337 e. The Labute approximate surface area is 91.9 Å². The van der Waals surface area contributed by atoms with Gasteiger partial charge in [-0.05, 0) is 23.6 Å². The van der Waals surface area contributed by atoms with E-state index < -0.39 is 0 Å². The van der Waals surface area contributed by atoms with Crippen LogP contribution in [0.15, 0.2) is 39.7 Å². The van der Waals surface area contributed by atoms with Crippen molar-refractivity contribution in [2.45, 2.75) is 4.90 Å². The van der Waals surface area contributed by atoms with E-state index in [4.69, 9.17) is 0 Å². The Balaban J connectivity index is 2.42. The first-order valence-corrected chi connectivity index (χ1v) is 5.26. The molecule has 1 aliphatic heterocycles. The van der Waals surface area contributed by atoms with E-state index in [1.165, 1.54) is 7.11 Å². The second kappa shape index (κ2) is 4.31. The number of aliphatic imine (C=N–C) groups is 1. The lowest BCUT2D eigenvalue weighted by Crippen LogP contribution is -2.02. The lowest BCUT2D eigenvalue weighted by Gasteiger charge is -2.04. The smallest absolute Gasteiger partial charge is 0.337 e. The number of fused-ring (bicyclic) bond motifs is 1. The van der Waals surface area contributed by atoms with Crippen LogP contribution in [0.3, 0.4) is 0 Å². The molecule has 2 rings (SSSR count). The van der Waals surface area contributed by atoms with E-state index in [0.29, 0.717) is 5.56 Å². The monoisotopic (exact) mass is 219 g/mol. The Morgan fingerprint density at radius 2 is 2.33 bits per heavy atom. The van der Waals surface area contributed by atoms with E-state index in [-0.39, 0.29) is 5.97 Å². The van der Waals surface area contributed by atoms with Crippen LogP contribution in [0.4, 0.5) is 0 Å². The summed E-state index contributed by atoms with van der Waals surface area (Å²) in [4.78, 5) is 16.4. The summed E-state index contributed by atoms with van der Waals surface area (Å²) in [5.41, 5.74) is 1.48. The number of benzene rings is 1. The van der Waals surface area contributed by atoms with E-state index >= 15 is 0 Å². The standard InChI is InChI=1S/C11H9NO2S/c1-14-11(13)8-2-3-10-9(6-8)7-12-4-5-15-10/h2-7H,1H3. The minimum Gasteiger partial charge on any atom is -0.465 e. The van der Waals surface area contributed by atoms with Gasteiger partial charge in [0, 0.05) is 22.9 Å². The van der Waals surface area contributed by atoms with E-state index in [2.05, 4.69) is 9.73 Å². The fraction of sp³-hybridized carbons (Fsp3) is 0.0909. The Morgan fingerprint density at radius 3 is 3.13 bits per heavy atom. The molecule has 0 saturated carbocycles. The van der Waals surface area contributed by atoms with Gasteiger partial charge in [0.05, 0.1) is 12.7 Å². The maximum atomic E-state index is 11.3. The van der Waals surface area contributed by atoms with Gasteiger partial charge in [-0.3, -0.25) is 4.99 Å². The normalized spacial score (nSPS) is 13.1. The van der Waals surface area contributed by atoms with Crippen LogP contribution in [0, 0.1) is 0 Å². The third-order valence-corrected chi connectivity index (χ3v) is 2.87. The maximum absolute atomic E-state index is 11.3. The molecule has 1 aromatic carbocycles. The third-order valence-electron chi connectivity index (χ3n) is 1.99. The van der Waals surface area contributed by atoms with Crippen molar-refractivity contribution >= 4 is 23.9 Å². The first kappa shape index (κ1) is 9.98. The molecular formula is C11H9NO2S. The van der Waals surface area contributed by atoms with Gasteiger partial charge in [-0.25, -0.2) is 4.79 Å². The summed E-state index contributed by atoms with van der Waals surface area (Å²) < 4.78 is 4.65. The van der Waals surface area contributed by atoms with Gasteiger partial charge < -0.3 is 4.74 Å². The number of rotatable bonds is 1. The van der Waals surface area contributed by atoms with Gasteiger partial charge in [-0.1, -0.05) is 11.8 Å². The summed E-state index contributed by atoms with van der Waals surface area (Å²) in [6, 6.07) is 5.43. The molecule has 0 amide bonds. The molecule has 0 bridgehead atoms. The molecule has 0 unspecified atom stereocenters. The fourth-order valence-electron chi connectivity index (χ4n) is 1.26. The molecule has 15 heavy (non-hydrogen) atoms. The minimum absolute atomic E-state index is 0.326. The summed E-state index contributed by atoms with van der Waals surface area (Å²) in [7, 11) is 1.37. The molecule has 1 aliphatic rings. The van der Waals surface area contributed by atoms with Crippen molar-refractivity contribution < 1.29 is 9.53 Å².